The number of amides is 1. The Labute approximate surface area is 131 Å². The van der Waals surface area contributed by atoms with E-state index >= 15 is 0 Å². The number of carbonyl (C=O) groups excluding carboxylic acids is 1. The lowest BCUT2D eigenvalue weighted by molar-refractivity contribution is 0.0679. The fourth-order valence-electron chi connectivity index (χ4n) is 3.00. The summed E-state index contributed by atoms with van der Waals surface area (Å²) >= 11 is 0. The minimum absolute atomic E-state index is 0.237. The van der Waals surface area contributed by atoms with E-state index < -0.39 is 0 Å². The topological polar surface area (TPSA) is 59.6 Å². The normalized spacial score (nSPS) is 25.3. The number of benzene rings is 1. The molecule has 0 radical (unpaired) electrons. The summed E-state index contributed by atoms with van der Waals surface area (Å²) in [5, 5.41) is 6.57. The Morgan fingerprint density at radius 2 is 1.82 bits per heavy atom. The van der Waals surface area contributed by atoms with Gasteiger partial charge in [-0.05, 0) is 31.2 Å². The monoisotopic (exact) mass is 304 g/mol. The van der Waals surface area contributed by atoms with Crippen molar-refractivity contribution in [3.05, 3.63) is 35.9 Å². The highest BCUT2D eigenvalue weighted by molar-refractivity contribution is 5.67. The van der Waals surface area contributed by atoms with Gasteiger partial charge in [-0.1, -0.05) is 30.3 Å². The summed E-state index contributed by atoms with van der Waals surface area (Å²) in [4.78, 5) is 11.7. The quantitative estimate of drug-likeness (QED) is 0.875. The zero-order valence-corrected chi connectivity index (χ0v) is 12.8. The van der Waals surface area contributed by atoms with Gasteiger partial charge in [-0.3, -0.25) is 0 Å². The molecule has 5 heteroatoms. The number of alkyl carbamates (subject to hydrolysis) is 1. The predicted octanol–water partition coefficient (Wildman–Crippen LogP) is 2.21. The van der Waals surface area contributed by atoms with Crippen LogP contribution in [-0.4, -0.2) is 37.4 Å². The molecular weight excluding hydrogens is 280 g/mol. The number of carbonyl (C=O) groups is 1. The maximum Gasteiger partial charge on any atom is 0.407 e. The molecule has 1 aromatic carbocycles. The molecule has 0 bridgehead atoms. The third kappa shape index (κ3) is 4.45. The maximum absolute atomic E-state index is 11.7. The Hall–Kier alpha value is -1.59. The van der Waals surface area contributed by atoms with Crippen LogP contribution in [0.3, 0.4) is 0 Å². The van der Waals surface area contributed by atoms with Crippen LogP contribution in [0.5, 0.6) is 0 Å². The Morgan fingerprint density at radius 1 is 1.09 bits per heavy atom. The summed E-state index contributed by atoms with van der Waals surface area (Å²) in [5.41, 5.74) is 1.00. The molecule has 22 heavy (non-hydrogen) atoms. The molecule has 120 valence electrons. The molecule has 2 N–H and O–H groups in total. The summed E-state index contributed by atoms with van der Waals surface area (Å²) in [5.74, 6) is 0. The van der Waals surface area contributed by atoms with E-state index in [4.69, 9.17) is 9.47 Å². The number of nitrogens with one attached hydrogen (secondary N) is 2. The molecule has 1 saturated heterocycles. The number of hydrogen-bond donors (Lipinski definition) is 2. The van der Waals surface area contributed by atoms with Crippen LogP contribution >= 0.6 is 0 Å². The summed E-state index contributed by atoms with van der Waals surface area (Å²) in [6.45, 7) is 2.04. The first kappa shape index (κ1) is 15.3. The number of hydrogen-bond acceptors (Lipinski definition) is 4. The van der Waals surface area contributed by atoms with E-state index in [2.05, 4.69) is 10.6 Å². The summed E-state index contributed by atoms with van der Waals surface area (Å²) in [6, 6.07) is 11.1. The van der Waals surface area contributed by atoms with Crippen molar-refractivity contribution in [2.24, 2.45) is 0 Å². The molecule has 1 aliphatic carbocycles. The van der Waals surface area contributed by atoms with Gasteiger partial charge >= 0.3 is 6.09 Å². The van der Waals surface area contributed by atoms with Gasteiger partial charge in [0.05, 0.1) is 0 Å². The average Bonchev–Trinajstić information content (AvgIpc) is 2.53. The first-order valence-corrected chi connectivity index (χ1v) is 8.10. The molecule has 0 spiro atoms. The van der Waals surface area contributed by atoms with Gasteiger partial charge in [0.15, 0.2) is 0 Å². The largest absolute Gasteiger partial charge is 0.445 e. The van der Waals surface area contributed by atoms with Gasteiger partial charge in [0.1, 0.15) is 6.61 Å². The Bertz CT molecular complexity index is 468. The molecule has 1 heterocycles. The van der Waals surface area contributed by atoms with Crippen LogP contribution in [-0.2, 0) is 16.1 Å². The van der Waals surface area contributed by atoms with Crippen LogP contribution in [0, 0.1) is 0 Å². The van der Waals surface area contributed by atoms with E-state index in [1.54, 1.807) is 0 Å². The summed E-state index contributed by atoms with van der Waals surface area (Å²) in [6.07, 6.45) is 3.83. The van der Waals surface area contributed by atoms with Crippen molar-refractivity contribution in [1.82, 2.24) is 10.6 Å². The highest BCUT2D eigenvalue weighted by atomic mass is 16.5. The van der Waals surface area contributed by atoms with Crippen LogP contribution in [0.25, 0.3) is 0 Å². The molecule has 1 saturated carbocycles. The van der Waals surface area contributed by atoms with E-state index in [-0.39, 0.29) is 12.1 Å². The standard InChI is InChI=1S/C17H24N2O3/c20-17(22-12-13-4-2-1-3-5-13)19-16-10-15(11-16)18-14-6-8-21-9-7-14/h1-5,14-16,18H,6-12H2,(H,19,20). The minimum Gasteiger partial charge on any atom is -0.445 e. The second-order valence-electron chi connectivity index (χ2n) is 6.12. The first-order valence-electron chi connectivity index (χ1n) is 8.10. The van der Waals surface area contributed by atoms with Crippen molar-refractivity contribution in [3.63, 3.8) is 0 Å². The maximum atomic E-state index is 11.7. The van der Waals surface area contributed by atoms with Crippen molar-refractivity contribution in [2.45, 2.75) is 50.4 Å². The predicted molar refractivity (Wildman–Crippen MR) is 83.5 cm³/mol. The van der Waals surface area contributed by atoms with Crippen LogP contribution in [0.2, 0.25) is 0 Å². The van der Waals surface area contributed by atoms with Crippen molar-refractivity contribution in [2.75, 3.05) is 13.2 Å². The molecule has 1 aromatic rings. The van der Waals surface area contributed by atoms with Crippen LogP contribution in [0.15, 0.2) is 30.3 Å². The van der Waals surface area contributed by atoms with E-state index in [1.807, 2.05) is 30.3 Å². The Morgan fingerprint density at radius 3 is 2.55 bits per heavy atom. The summed E-state index contributed by atoms with van der Waals surface area (Å²) < 4.78 is 10.6. The number of rotatable bonds is 5. The van der Waals surface area contributed by atoms with E-state index in [9.17, 15) is 4.79 Å². The lowest BCUT2D eigenvalue weighted by Gasteiger charge is -2.39. The van der Waals surface area contributed by atoms with Gasteiger partial charge in [0.25, 0.3) is 0 Å². The Balaban J connectivity index is 1.29. The van der Waals surface area contributed by atoms with Crippen molar-refractivity contribution >= 4 is 6.09 Å². The van der Waals surface area contributed by atoms with Gasteiger partial charge < -0.3 is 20.1 Å². The molecule has 2 fully saturated rings. The molecular formula is C17H24N2O3. The van der Waals surface area contributed by atoms with Crippen molar-refractivity contribution in [1.29, 1.82) is 0 Å². The van der Waals surface area contributed by atoms with Gasteiger partial charge in [0.2, 0.25) is 0 Å². The molecule has 0 aromatic heterocycles. The van der Waals surface area contributed by atoms with Crippen LogP contribution in [0.1, 0.15) is 31.2 Å². The third-order valence-corrected chi connectivity index (χ3v) is 4.37. The fourth-order valence-corrected chi connectivity index (χ4v) is 3.00. The fraction of sp³-hybridized carbons (Fsp3) is 0.588. The van der Waals surface area contributed by atoms with Crippen LogP contribution in [0.4, 0.5) is 4.79 Å². The minimum atomic E-state index is -0.321. The van der Waals surface area contributed by atoms with E-state index in [0.29, 0.717) is 18.7 Å². The average molecular weight is 304 g/mol. The molecule has 1 amide bonds. The van der Waals surface area contributed by atoms with Crippen molar-refractivity contribution < 1.29 is 14.3 Å². The van der Waals surface area contributed by atoms with E-state index in [0.717, 1.165) is 44.5 Å². The zero-order valence-electron chi connectivity index (χ0n) is 12.8. The molecule has 0 unspecified atom stereocenters. The van der Waals surface area contributed by atoms with Crippen LogP contribution < -0.4 is 10.6 Å². The second kappa shape index (κ2) is 7.61. The second-order valence-corrected chi connectivity index (χ2v) is 6.12. The Kier molecular flexibility index (Phi) is 5.29. The smallest absolute Gasteiger partial charge is 0.407 e. The molecule has 3 rings (SSSR count). The molecule has 0 atom stereocenters. The lowest BCUT2D eigenvalue weighted by Crippen LogP contribution is -2.55. The van der Waals surface area contributed by atoms with Gasteiger partial charge in [-0.25, -0.2) is 4.79 Å². The molecule has 2 aliphatic rings. The molecule has 5 nitrogen and oxygen atoms in total. The van der Waals surface area contributed by atoms with Gasteiger partial charge in [0, 0.05) is 31.3 Å². The SMILES string of the molecule is O=C(NC1CC(NC2CCOCC2)C1)OCc1ccccc1. The van der Waals surface area contributed by atoms with Crippen molar-refractivity contribution in [3.8, 4) is 0 Å². The van der Waals surface area contributed by atoms with E-state index in [1.165, 1.54) is 0 Å². The first-order chi connectivity index (χ1) is 10.8. The summed E-state index contributed by atoms with van der Waals surface area (Å²) in [7, 11) is 0. The lowest BCUT2D eigenvalue weighted by atomic mass is 9.86. The third-order valence-electron chi connectivity index (χ3n) is 4.37. The highest BCUT2D eigenvalue weighted by Crippen LogP contribution is 2.22. The highest BCUT2D eigenvalue weighted by Gasteiger charge is 2.32. The van der Waals surface area contributed by atoms with Gasteiger partial charge in [-0.2, -0.15) is 0 Å². The number of ether oxygens (including phenoxy) is 2. The zero-order chi connectivity index (χ0) is 15.2. The molecule has 1 aliphatic heterocycles. The van der Waals surface area contributed by atoms with Gasteiger partial charge in [-0.15, -0.1) is 0 Å².